The Morgan fingerprint density at radius 1 is 1.32 bits per heavy atom. The number of hydrogen-bond acceptors (Lipinski definition) is 2. The lowest BCUT2D eigenvalue weighted by molar-refractivity contribution is 0.204. The first-order valence-electron chi connectivity index (χ1n) is 6.44. The van der Waals surface area contributed by atoms with Crippen LogP contribution < -0.4 is 11.1 Å². The second-order valence-electron chi connectivity index (χ2n) is 4.36. The van der Waals surface area contributed by atoms with Crippen LogP contribution in [0.3, 0.4) is 0 Å². The average molecular weight is 377 g/mol. The third-order valence-electron chi connectivity index (χ3n) is 2.78. The lowest BCUT2D eigenvalue weighted by Crippen LogP contribution is -2.25. The van der Waals surface area contributed by atoms with Gasteiger partial charge in [-0.3, -0.25) is 4.99 Å². The standard InChI is InChI=1S/C14H23N3O.HI/c1-4-11-7-6-8-12(5-2)13(11)17-14(15)16-9-10(3)18;/h6-8,10,18H,4-5,9H2,1-3H3,(H3,15,16,17);1H. The molecule has 5 heteroatoms. The van der Waals surface area contributed by atoms with Gasteiger partial charge in [-0.15, -0.1) is 24.0 Å². The highest BCUT2D eigenvalue weighted by Gasteiger charge is 2.07. The van der Waals surface area contributed by atoms with Crippen LogP contribution in [0.15, 0.2) is 23.2 Å². The molecule has 1 rings (SSSR count). The Hall–Kier alpha value is -0.820. The molecule has 0 aliphatic heterocycles. The summed E-state index contributed by atoms with van der Waals surface area (Å²) >= 11 is 0. The van der Waals surface area contributed by atoms with Gasteiger partial charge in [0.05, 0.1) is 12.6 Å². The molecule has 1 atom stereocenters. The van der Waals surface area contributed by atoms with Gasteiger partial charge in [0, 0.05) is 5.69 Å². The molecule has 0 spiro atoms. The van der Waals surface area contributed by atoms with Crippen LogP contribution in [0.5, 0.6) is 0 Å². The Labute approximate surface area is 132 Å². The Morgan fingerprint density at radius 3 is 2.26 bits per heavy atom. The van der Waals surface area contributed by atoms with Gasteiger partial charge < -0.3 is 16.2 Å². The molecule has 0 saturated heterocycles. The van der Waals surface area contributed by atoms with Gasteiger partial charge in [-0.2, -0.15) is 0 Å². The van der Waals surface area contributed by atoms with Crippen molar-refractivity contribution in [2.24, 2.45) is 10.7 Å². The van der Waals surface area contributed by atoms with Gasteiger partial charge in [-0.1, -0.05) is 32.0 Å². The number of aliphatic hydroxyl groups is 1. The summed E-state index contributed by atoms with van der Waals surface area (Å²) < 4.78 is 0. The van der Waals surface area contributed by atoms with E-state index < -0.39 is 6.10 Å². The van der Waals surface area contributed by atoms with Gasteiger partial charge in [0.15, 0.2) is 5.96 Å². The molecular weight excluding hydrogens is 353 g/mol. The number of aliphatic hydroxyl groups excluding tert-OH is 1. The molecule has 4 nitrogen and oxygen atoms in total. The zero-order chi connectivity index (χ0) is 13.5. The van der Waals surface area contributed by atoms with E-state index in [4.69, 9.17) is 5.73 Å². The van der Waals surface area contributed by atoms with Crippen molar-refractivity contribution in [2.75, 3.05) is 11.9 Å². The second-order valence-corrected chi connectivity index (χ2v) is 4.36. The first-order valence-corrected chi connectivity index (χ1v) is 6.44. The van der Waals surface area contributed by atoms with Crippen molar-refractivity contribution >= 4 is 35.6 Å². The predicted molar refractivity (Wildman–Crippen MR) is 92.4 cm³/mol. The molecule has 0 aliphatic carbocycles. The minimum absolute atomic E-state index is 0. The molecule has 108 valence electrons. The average Bonchev–Trinajstić information content (AvgIpc) is 2.36. The Balaban J connectivity index is 0.00000324. The Morgan fingerprint density at radius 2 is 1.84 bits per heavy atom. The van der Waals surface area contributed by atoms with Gasteiger partial charge in [-0.05, 0) is 30.9 Å². The first kappa shape index (κ1) is 18.2. The molecule has 0 fully saturated rings. The second kappa shape index (κ2) is 9.14. The molecular formula is C14H24IN3O. The summed E-state index contributed by atoms with van der Waals surface area (Å²) in [6.45, 7) is 6.23. The van der Waals surface area contributed by atoms with Crippen LogP contribution in [-0.4, -0.2) is 23.7 Å². The fraction of sp³-hybridized carbons (Fsp3) is 0.500. The Bertz CT molecular complexity index is 397. The highest BCUT2D eigenvalue weighted by molar-refractivity contribution is 14.0. The van der Waals surface area contributed by atoms with Crippen molar-refractivity contribution in [1.82, 2.24) is 0 Å². The van der Waals surface area contributed by atoms with Crippen molar-refractivity contribution in [3.05, 3.63) is 29.3 Å². The number of guanidine groups is 1. The monoisotopic (exact) mass is 377 g/mol. The van der Waals surface area contributed by atoms with E-state index in [0.29, 0.717) is 12.5 Å². The van der Waals surface area contributed by atoms with Crippen molar-refractivity contribution < 1.29 is 5.11 Å². The molecule has 0 heterocycles. The summed E-state index contributed by atoms with van der Waals surface area (Å²) in [5.41, 5.74) is 9.33. The maximum atomic E-state index is 9.18. The number of nitrogens with one attached hydrogen (secondary N) is 1. The van der Waals surface area contributed by atoms with Crippen LogP contribution in [0.25, 0.3) is 0 Å². The van der Waals surface area contributed by atoms with E-state index in [-0.39, 0.29) is 24.0 Å². The number of rotatable bonds is 5. The number of anilines is 1. The molecule has 1 unspecified atom stereocenters. The largest absolute Gasteiger partial charge is 0.391 e. The molecule has 0 radical (unpaired) electrons. The molecule has 19 heavy (non-hydrogen) atoms. The zero-order valence-electron chi connectivity index (χ0n) is 11.8. The molecule has 1 aromatic carbocycles. The minimum atomic E-state index is -0.475. The highest BCUT2D eigenvalue weighted by atomic mass is 127. The van der Waals surface area contributed by atoms with E-state index in [9.17, 15) is 5.11 Å². The maximum absolute atomic E-state index is 9.18. The van der Waals surface area contributed by atoms with Gasteiger partial charge in [0.25, 0.3) is 0 Å². The predicted octanol–water partition coefficient (Wildman–Crippen LogP) is 2.54. The molecule has 0 aromatic heterocycles. The number of benzene rings is 1. The molecule has 0 saturated carbocycles. The summed E-state index contributed by atoms with van der Waals surface area (Å²) in [5.74, 6) is 0.353. The fourth-order valence-electron chi connectivity index (χ4n) is 1.80. The zero-order valence-corrected chi connectivity index (χ0v) is 14.1. The third kappa shape index (κ3) is 5.78. The Kier molecular flexibility index (Phi) is 8.75. The quantitative estimate of drug-likeness (QED) is 0.420. The third-order valence-corrected chi connectivity index (χ3v) is 2.78. The SMILES string of the molecule is CCc1cccc(CC)c1NC(N)=NCC(C)O.I. The fourth-order valence-corrected chi connectivity index (χ4v) is 1.80. The van der Waals surface area contributed by atoms with E-state index in [1.54, 1.807) is 6.92 Å². The maximum Gasteiger partial charge on any atom is 0.193 e. The normalized spacial score (nSPS) is 12.7. The summed E-state index contributed by atoms with van der Waals surface area (Å²) in [6, 6.07) is 6.23. The van der Waals surface area contributed by atoms with Gasteiger partial charge >= 0.3 is 0 Å². The number of para-hydroxylation sites is 1. The van der Waals surface area contributed by atoms with Crippen molar-refractivity contribution in [2.45, 2.75) is 39.7 Å². The van der Waals surface area contributed by atoms with Crippen molar-refractivity contribution in [3.8, 4) is 0 Å². The first-order chi connectivity index (χ1) is 8.58. The number of aliphatic imine (C=N–C) groups is 1. The van der Waals surface area contributed by atoms with E-state index in [2.05, 4.69) is 42.4 Å². The molecule has 0 amide bonds. The van der Waals surface area contributed by atoms with E-state index >= 15 is 0 Å². The van der Waals surface area contributed by atoms with E-state index in [0.717, 1.165) is 18.5 Å². The molecule has 4 N–H and O–H groups in total. The van der Waals surface area contributed by atoms with Gasteiger partial charge in [-0.25, -0.2) is 0 Å². The number of nitrogens with two attached hydrogens (primary N) is 1. The van der Waals surface area contributed by atoms with Gasteiger partial charge in [0.2, 0.25) is 0 Å². The smallest absolute Gasteiger partial charge is 0.193 e. The number of halogens is 1. The summed E-state index contributed by atoms with van der Waals surface area (Å²) in [7, 11) is 0. The summed E-state index contributed by atoms with van der Waals surface area (Å²) in [5, 5.41) is 12.3. The lowest BCUT2D eigenvalue weighted by atomic mass is 10.0. The summed E-state index contributed by atoms with van der Waals surface area (Å²) in [4.78, 5) is 4.10. The highest BCUT2D eigenvalue weighted by Crippen LogP contribution is 2.22. The van der Waals surface area contributed by atoms with Crippen molar-refractivity contribution in [1.29, 1.82) is 0 Å². The van der Waals surface area contributed by atoms with Gasteiger partial charge in [0.1, 0.15) is 0 Å². The number of hydrogen-bond donors (Lipinski definition) is 3. The number of aryl methyl sites for hydroxylation is 2. The lowest BCUT2D eigenvalue weighted by Gasteiger charge is -2.15. The van der Waals surface area contributed by atoms with E-state index in [1.807, 2.05) is 0 Å². The van der Waals surface area contributed by atoms with Crippen LogP contribution >= 0.6 is 24.0 Å². The van der Waals surface area contributed by atoms with Crippen LogP contribution in [0.4, 0.5) is 5.69 Å². The topological polar surface area (TPSA) is 70.6 Å². The van der Waals surface area contributed by atoms with E-state index in [1.165, 1.54) is 11.1 Å². The molecule has 1 aromatic rings. The molecule has 0 bridgehead atoms. The minimum Gasteiger partial charge on any atom is -0.391 e. The van der Waals surface area contributed by atoms with Crippen LogP contribution in [0.2, 0.25) is 0 Å². The molecule has 0 aliphatic rings. The van der Waals surface area contributed by atoms with Crippen LogP contribution in [0.1, 0.15) is 31.9 Å². The van der Waals surface area contributed by atoms with Crippen LogP contribution in [0, 0.1) is 0 Å². The number of nitrogens with zero attached hydrogens (tertiary/aromatic N) is 1. The summed E-state index contributed by atoms with van der Waals surface area (Å²) in [6.07, 6.45) is 1.41. The van der Waals surface area contributed by atoms with Crippen molar-refractivity contribution in [3.63, 3.8) is 0 Å². The van der Waals surface area contributed by atoms with Crippen LogP contribution in [-0.2, 0) is 12.8 Å².